The summed E-state index contributed by atoms with van der Waals surface area (Å²) in [6, 6.07) is 0. The van der Waals surface area contributed by atoms with Crippen LogP contribution < -0.4 is 5.32 Å². The van der Waals surface area contributed by atoms with Crippen LogP contribution in [0.25, 0.3) is 0 Å². The maximum atomic E-state index is 10.8. The predicted octanol–water partition coefficient (Wildman–Crippen LogP) is 1.20. The fourth-order valence-corrected chi connectivity index (χ4v) is 2.74. The lowest BCUT2D eigenvalue weighted by molar-refractivity contribution is -0.0306. The molecule has 9 heteroatoms. The maximum absolute atomic E-state index is 10.8. The van der Waals surface area contributed by atoms with Crippen molar-refractivity contribution in [2.75, 3.05) is 19.4 Å². The molecule has 0 fully saturated rings. The quantitative estimate of drug-likeness (QED) is 0.612. The van der Waals surface area contributed by atoms with E-state index >= 15 is 0 Å². The molecule has 0 radical (unpaired) electrons. The van der Waals surface area contributed by atoms with Crippen LogP contribution in [0.5, 0.6) is 0 Å². The lowest BCUT2D eigenvalue weighted by Gasteiger charge is -2.29. The van der Waals surface area contributed by atoms with Crippen LogP contribution in [0.2, 0.25) is 0 Å². The van der Waals surface area contributed by atoms with Gasteiger partial charge in [0, 0.05) is 13.2 Å². The van der Waals surface area contributed by atoms with Gasteiger partial charge < -0.3 is 10.1 Å². The molecule has 0 aliphatic carbocycles. The highest BCUT2D eigenvalue weighted by Gasteiger charge is 2.25. The van der Waals surface area contributed by atoms with Gasteiger partial charge >= 0.3 is 0 Å². The first kappa shape index (κ1) is 20.0. The van der Waals surface area contributed by atoms with Crippen molar-refractivity contribution >= 4 is 10.1 Å². The van der Waals surface area contributed by atoms with Crippen molar-refractivity contribution in [1.82, 2.24) is 20.3 Å². The Labute approximate surface area is 138 Å². The fraction of sp³-hybridized carbons (Fsp3) is 0.857. The van der Waals surface area contributed by atoms with E-state index in [-0.39, 0.29) is 17.7 Å². The number of hydrogen-bond acceptors (Lipinski definition) is 6. The van der Waals surface area contributed by atoms with Crippen molar-refractivity contribution in [1.29, 1.82) is 0 Å². The van der Waals surface area contributed by atoms with Crippen LogP contribution in [0.3, 0.4) is 0 Å². The van der Waals surface area contributed by atoms with Crippen LogP contribution in [0.1, 0.15) is 46.2 Å². The van der Waals surface area contributed by atoms with Crippen LogP contribution in [0.15, 0.2) is 6.20 Å². The molecule has 8 nitrogen and oxygen atoms in total. The summed E-state index contributed by atoms with van der Waals surface area (Å²) >= 11 is 0. The zero-order valence-corrected chi connectivity index (χ0v) is 15.4. The van der Waals surface area contributed by atoms with Gasteiger partial charge in [0.05, 0.1) is 28.8 Å². The lowest BCUT2D eigenvalue weighted by Crippen LogP contribution is -2.33. The Morgan fingerprint density at radius 3 is 2.52 bits per heavy atom. The third-order valence-corrected chi connectivity index (χ3v) is 4.41. The van der Waals surface area contributed by atoms with Gasteiger partial charge in [0.1, 0.15) is 0 Å². The highest BCUT2D eigenvalue weighted by Crippen LogP contribution is 2.22. The Balaban J connectivity index is 2.51. The molecule has 1 rings (SSSR count). The number of rotatable bonds is 10. The third-order valence-electron chi connectivity index (χ3n) is 3.69. The first-order valence-electron chi connectivity index (χ1n) is 7.61. The molecule has 23 heavy (non-hydrogen) atoms. The van der Waals surface area contributed by atoms with E-state index in [1.165, 1.54) is 0 Å². The summed E-state index contributed by atoms with van der Waals surface area (Å²) in [5, 5.41) is 11.3. The number of aromatic nitrogens is 3. The van der Waals surface area contributed by atoms with Crippen LogP contribution in [-0.4, -0.2) is 53.0 Å². The van der Waals surface area contributed by atoms with Gasteiger partial charge in [-0.3, -0.25) is 4.55 Å². The molecule has 134 valence electrons. The van der Waals surface area contributed by atoms with Gasteiger partial charge in [0.2, 0.25) is 0 Å². The average molecular weight is 348 g/mol. The van der Waals surface area contributed by atoms with Crippen molar-refractivity contribution < 1.29 is 17.7 Å². The molecule has 0 aromatic carbocycles. The minimum absolute atomic E-state index is 0.238. The van der Waals surface area contributed by atoms with E-state index in [0.717, 1.165) is 5.69 Å². The molecule has 1 aromatic rings. The minimum Gasteiger partial charge on any atom is -0.375 e. The standard InChI is InChI=1S/C14H28N4O4S/c1-13(2,18-11-12(10-15-5)16-17-18)6-8-22-14(3,4)7-9-23(19,20)21/h11,15H,6-10H2,1-5H3,(H,19,20,21). The van der Waals surface area contributed by atoms with Crippen molar-refractivity contribution in [3.8, 4) is 0 Å². The second-order valence-corrected chi connectivity index (χ2v) is 8.46. The van der Waals surface area contributed by atoms with E-state index in [2.05, 4.69) is 15.6 Å². The Hall–Kier alpha value is -1.03. The number of ether oxygens (including phenoxy) is 1. The van der Waals surface area contributed by atoms with Crippen LogP contribution in [0, 0.1) is 0 Å². The molecule has 0 saturated heterocycles. The van der Waals surface area contributed by atoms with Crippen LogP contribution in [-0.2, 0) is 26.9 Å². The largest absolute Gasteiger partial charge is 0.375 e. The Kier molecular flexibility index (Phi) is 6.70. The molecule has 1 aromatic heterocycles. The third kappa shape index (κ3) is 7.38. The van der Waals surface area contributed by atoms with Gasteiger partial charge in [-0.2, -0.15) is 8.42 Å². The monoisotopic (exact) mass is 348 g/mol. The van der Waals surface area contributed by atoms with E-state index in [0.29, 0.717) is 19.6 Å². The summed E-state index contributed by atoms with van der Waals surface area (Å²) in [7, 11) is -2.11. The van der Waals surface area contributed by atoms with E-state index in [1.54, 1.807) is 0 Å². The maximum Gasteiger partial charge on any atom is 0.264 e. The lowest BCUT2D eigenvalue weighted by atomic mass is 10.0. The van der Waals surface area contributed by atoms with Gasteiger partial charge in [-0.05, 0) is 47.6 Å². The second-order valence-electron chi connectivity index (χ2n) is 6.89. The summed E-state index contributed by atoms with van der Waals surface area (Å²) in [6.45, 7) is 8.82. The van der Waals surface area contributed by atoms with Crippen LogP contribution in [0.4, 0.5) is 0 Å². The van der Waals surface area contributed by atoms with Crippen molar-refractivity contribution in [3.63, 3.8) is 0 Å². The summed E-state index contributed by atoms with van der Waals surface area (Å²) in [6.07, 6.45) is 2.84. The summed E-state index contributed by atoms with van der Waals surface area (Å²) in [5.74, 6) is -0.306. The van der Waals surface area contributed by atoms with E-state index in [4.69, 9.17) is 9.29 Å². The highest BCUT2D eigenvalue weighted by atomic mass is 32.2. The Bertz CT molecular complexity index is 596. The molecule has 0 spiro atoms. The first-order valence-corrected chi connectivity index (χ1v) is 9.21. The molecule has 0 unspecified atom stereocenters. The van der Waals surface area contributed by atoms with Gasteiger partial charge in [-0.1, -0.05) is 5.21 Å². The van der Waals surface area contributed by atoms with Crippen molar-refractivity contribution in [2.24, 2.45) is 0 Å². The zero-order chi connectivity index (χ0) is 17.7. The van der Waals surface area contributed by atoms with E-state index in [1.807, 2.05) is 45.6 Å². The van der Waals surface area contributed by atoms with Crippen molar-refractivity contribution in [2.45, 2.75) is 58.2 Å². The number of nitrogens with one attached hydrogen (secondary N) is 1. The average Bonchev–Trinajstić information content (AvgIpc) is 2.85. The molecular formula is C14H28N4O4S. The number of nitrogens with zero attached hydrogens (tertiary/aromatic N) is 3. The Morgan fingerprint density at radius 1 is 1.30 bits per heavy atom. The molecule has 0 saturated carbocycles. The second kappa shape index (κ2) is 7.69. The van der Waals surface area contributed by atoms with Gasteiger partial charge in [0.25, 0.3) is 10.1 Å². The first-order chi connectivity index (χ1) is 10.5. The van der Waals surface area contributed by atoms with Gasteiger partial charge in [0.15, 0.2) is 0 Å². The van der Waals surface area contributed by atoms with Crippen molar-refractivity contribution in [3.05, 3.63) is 11.9 Å². The molecule has 0 atom stereocenters. The van der Waals surface area contributed by atoms with E-state index in [9.17, 15) is 8.42 Å². The molecule has 0 aliphatic heterocycles. The minimum atomic E-state index is -3.96. The molecule has 0 aliphatic rings. The highest BCUT2D eigenvalue weighted by molar-refractivity contribution is 7.85. The fourth-order valence-electron chi connectivity index (χ4n) is 1.99. The SMILES string of the molecule is CNCc1cn(C(C)(C)CCOC(C)(C)CCS(=O)(=O)O)nn1. The predicted molar refractivity (Wildman–Crippen MR) is 87.8 cm³/mol. The van der Waals surface area contributed by atoms with E-state index < -0.39 is 15.7 Å². The molecule has 0 bridgehead atoms. The summed E-state index contributed by atoms with van der Waals surface area (Å²) in [5.41, 5.74) is -0.0149. The smallest absolute Gasteiger partial charge is 0.264 e. The molecule has 1 heterocycles. The molecule has 0 amide bonds. The van der Waals surface area contributed by atoms with Crippen LogP contribution >= 0.6 is 0 Å². The molecular weight excluding hydrogens is 320 g/mol. The summed E-state index contributed by atoms with van der Waals surface area (Å²) < 4.78 is 38.1. The van der Waals surface area contributed by atoms with Gasteiger partial charge in [-0.25, -0.2) is 4.68 Å². The normalized spacial score (nSPS) is 13.5. The topological polar surface area (TPSA) is 106 Å². The van der Waals surface area contributed by atoms with Gasteiger partial charge in [-0.15, -0.1) is 5.10 Å². The summed E-state index contributed by atoms with van der Waals surface area (Å²) in [4.78, 5) is 0. The zero-order valence-electron chi connectivity index (χ0n) is 14.5. The molecule has 2 N–H and O–H groups in total. The Morgan fingerprint density at radius 2 is 1.96 bits per heavy atom. The number of hydrogen-bond donors (Lipinski definition) is 2.